The fourth-order valence-corrected chi connectivity index (χ4v) is 1.04. The van der Waals surface area contributed by atoms with Crippen molar-refractivity contribution in [1.29, 1.82) is 0 Å². The fraction of sp³-hybridized carbons (Fsp3) is 0.250. The fourth-order valence-electron chi connectivity index (χ4n) is 1.04. The predicted molar refractivity (Wildman–Crippen MR) is 59.5 cm³/mol. The number of carbonyl (C=O) groups is 1. The minimum Gasteiger partial charge on any atom is -0.453 e. The van der Waals surface area contributed by atoms with Gasteiger partial charge in [-0.25, -0.2) is 0 Å². The van der Waals surface area contributed by atoms with Crippen LogP contribution in [-0.4, -0.2) is 18.3 Å². The third kappa shape index (κ3) is 3.01. The molecular weight excluding hydrogens is 206 g/mol. The van der Waals surface area contributed by atoms with Crippen molar-refractivity contribution in [3.63, 3.8) is 0 Å². The molecule has 0 aromatic heterocycles. The normalized spacial score (nSPS) is 13.5. The lowest BCUT2D eigenvalue weighted by atomic mass is 10.3. The first-order chi connectivity index (χ1) is 7.58. The average molecular weight is 219 g/mol. The van der Waals surface area contributed by atoms with E-state index < -0.39 is 11.7 Å². The van der Waals surface area contributed by atoms with E-state index in [9.17, 15) is 4.79 Å². The number of hydrogen-bond donors (Lipinski definition) is 1. The summed E-state index contributed by atoms with van der Waals surface area (Å²) in [6, 6.07) is 8.77. The zero-order valence-electron chi connectivity index (χ0n) is 8.97. The van der Waals surface area contributed by atoms with Crippen molar-refractivity contribution in [3.05, 3.63) is 30.3 Å². The van der Waals surface area contributed by atoms with Gasteiger partial charge in [-0.3, -0.25) is 4.79 Å². The summed E-state index contributed by atoms with van der Waals surface area (Å²) in [4.78, 5) is 11.2. The number of nitrogens with two attached hydrogens (primary N) is 1. The van der Waals surface area contributed by atoms with Gasteiger partial charge in [-0.05, 0) is 12.1 Å². The van der Waals surface area contributed by atoms with E-state index in [1.54, 1.807) is 24.3 Å². The summed E-state index contributed by atoms with van der Waals surface area (Å²) in [6.45, 7) is 1.38. The minimum absolute atomic E-state index is 0.0493. The van der Waals surface area contributed by atoms with Crippen molar-refractivity contribution in [3.8, 4) is 18.1 Å². The molecule has 1 unspecified atom stereocenters. The van der Waals surface area contributed by atoms with Crippen LogP contribution in [0.4, 0.5) is 0 Å². The van der Waals surface area contributed by atoms with Gasteiger partial charge in [-0.2, -0.15) is 0 Å². The van der Waals surface area contributed by atoms with Crippen LogP contribution in [0.15, 0.2) is 30.3 Å². The van der Waals surface area contributed by atoms with Crippen molar-refractivity contribution < 1.29 is 14.3 Å². The molecule has 0 heterocycles. The number of primary amides is 1. The maximum Gasteiger partial charge on any atom is 0.290 e. The molecule has 84 valence electrons. The number of carbonyl (C=O) groups excluding carboxylic acids is 1. The monoisotopic (exact) mass is 219 g/mol. The molecule has 1 aromatic rings. The predicted octanol–water partition coefficient (Wildman–Crippen LogP) is 0.917. The smallest absolute Gasteiger partial charge is 0.290 e. The van der Waals surface area contributed by atoms with E-state index in [4.69, 9.17) is 21.6 Å². The molecule has 0 bridgehead atoms. The Hall–Kier alpha value is -1.99. The highest BCUT2D eigenvalue weighted by Crippen LogP contribution is 2.18. The van der Waals surface area contributed by atoms with Crippen molar-refractivity contribution in [2.75, 3.05) is 6.61 Å². The van der Waals surface area contributed by atoms with Gasteiger partial charge in [0.15, 0.2) is 0 Å². The Bertz CT molecular complexity index is 396. The molecule has 1 rings (SSSR count). The second-order valence-electron chi connectivity index (χ2n) is 3.22. The summed E-state index contributed by atoms with van der Waals surface area (Å²) in [5.74, 6) is 0.463. The van der Waals surface area contributed by atoms with Crippen molar-refractivity contribution in [2.45, 2.75) is 12.7 Å². The lowest BCUT2D eigenvalue weighted by Crippen LogP contribution is -2.48. The number of amides is 1. The first kappa shape index (κ1) is 12.1. The lowest BCUT2D eigenvalue weighted by molar-refractivity contribution is -0.180. The summed E-state index contributed by atoms with van der Waals surface area (Å²) in [6.07, 6.45) is 5.05. The Kier molecular flexibility index (Phi) is 3.92. The summed E-state index contributed by atoms with van der Waals surface area (Å²) in [5, 5.41) is 0. The van der Waals surface area contributed by atoms with Crippen LogP contribution in [0.2, 0.25) is 0 Å². The summed E-state index contributed by atoms with van der Waals surface area (Å²) in [5.41, 5.74) is 5.20. The van der Waals surface area contributed by atoms with E-state index >= 15 is 0 Å². The molecule has 1 amide bonds. The number of hydrogen-bond acceptors (Lipinski definition) is 3. The molecule has 16 heavy (non-hydrogen) atoms. The molecule has 1 atom stereocenters. The van der Waals surface area contributed by atoms with Gasteiger partial charge < -0.3 is 15.2 Å². The first-order valence-corrected chi connectivity index (χ1v) is 4.70. The molecule has 0 saturated heterocycles. The molecule has 2 N–H and O–H groups in total. The van der Waals surface area contributed by atoms with Crippen LogP contribution in [-0.2, 0) is 9.53 Å². The van der Waals surface area contributed by atoms with E-state index in [0.29, 0.717) is 5.75 Å². The zero-order chi connectivity index (χ0) is 12.0. The van der Waals surface area contributed by atoms with Crippen molar-refractivity contribution >= 4 is 5.91 Å². The molecule has 0 fully saturated rings. The number of benzene rings is 1. The molecular formula is C12H13NO3. The molecule has 0 aliphatic rings. The zero-order valence-corrected chi connectivity index (χ0v) is 8.97. The van der Waals surface area contributed by atoms with Gasteiger partial charge >= 0.3 is 0 Å². The molecule has 4 nitrogen and oxygen atoms in total. The largest absolute Gasteiger partial charge is 0.453 e. The molecule has 0 aliphatic heterocycles. The highest BCUT2D eigenvalue weighted by molar-refractivity contribution is 5.81. The van der Waals surface area contributed by atoms with Crippen LogP contribution in [0.5, 0.6) is 5.75 Å². The second kappa shape index (κ2) is 5.19. The van der Waals surface area contributed by atoms with Gasteiger partial charge in [0, 0.05) is 6.92 Å². The highest BCUT2D eigenvalue weighted by atomic mass is 16.7. The van der Waals surface area contributed by atoms with Gasteiger partial charge in [-0.15, -0.1) is 6.42 Å². The minimum atomic E-state index is -1.55. The van der Waals surface area contributed by atoms with Gasteiger partial charge in [0.25, 0.3) is 11.7 Å². The lowest BCUT2D eigenvalue weighted by Gasteiger charge is -2.26. The first-order valence-electron chi connectivity index (χ1n) is 4.70. The number of para-hydroxylation sites is 1. The van der Waals surface area contributed by atoms with Crippen molar-refractivity contribution in [1.82, 2.24) is 0 Å². The SMILES string of the molecule is C#CCOC(C)(Oc1ccccc1)C(N)=O. The van der Waals surface area contributed by atoms with Crippen LogP contribution in [0.25, 0.3) is 0 Å². The average Bonchev–Trinajstić information content (AvgIpc) is 2.27. The second-order valence-corrected chi connectivity index (χ2v) is 3.22. The Morgan fingerprint density at radius 1 is 1.50 bits per heavy atom. The molecule has 0 spiro atoms. The summed E-state index contributed by atoms with van der Waals surface area (Å²) < 4.78 is 10.5. The van der Waals surface area contributed by atoms with Gasteiger partial charge in [0.2, 0.25) is 0 Å². The quantitative estimate of drug-likeness (QED) is 0.591. The summed E-state index contributed by atoms with van der Waals surface area (Å²) in [7, 11) is 0. The van der Waals surface area contributed by atoms with Crippen LogP contribution < -0.4 is 10.5 Å². The Balaban J connectivity index is 2.80. The number of rotatable bonds is 5. The Labute approximate surface area is 94.3 Å². The van der Waals surface area contributed by atoms with Gasteiger partial charge in [0.1, 0.15) is 12.4 Å². The molecule has 0 saturated carbocycles. The number of terminal acetylenes is 1. The van der Waals surface area contributed by atoms with E-state index in [0.717, 1.165) is 0 Å². The maximum absolute atomic E-state index is 11.2. The Morgan fingerprint density at radius 3 is 2.62 bits per heavy atom. The standard InChI is InChI=1S/C12H13NO3/c1-3-9-15-12(2,11(13)14)16-10-7-5-4-6-8-10/h1,4-8H,9H2,2H3,(H2,13,14). The third-order valence-corrected chi connectivity index (χ3v) is 1.93. The van der Waals surface area contributed by atoms with Crippen molar-refractivity contribution in [2.24, 2.45) is 5.73 Å². The summed E-state index contributed by atoms with van der Waals surface area (Å²) >= 11 is 0. The molecule has 0 aliphatic carbocycles. The third-order valence-electron chi connectivity index (χ3n) is 1.93. The topological polar surface area (TPSA) is 61.6 Å². The van der Waals surface area contributed by atoms with Crippen LogP contribution >= 0.6 is 0 Å². The van der Waals surface area contributed by atoms with E-state index in [-0.39, 0.29) is 6.61 Å². The van der Waals surface area contributed by atoms with Gasteiger partial charge in [0.05, 0.1) is 0 Å². The van der Waals surface area contributed by atoms with Crippen LogP contribution in [0.3, 0.4) is 0 Å². The highest BCUT2D eigenvalue weighted by Gasteiger charge is 2.34. The molecule has 1 aromatic carbocycles. The van der Waals surface area contributed by atoms with E-state index in [1.807, 2.05) is 6.07 Å². The van der Waals surface area contributed by atoms with E-state index in [2.05, 4.69) is 5.92 Å². The maximum atomic E-state index is 11.2. The van der Waals surface area contributed by atoms with E-state index in [1.165, 1.54) is 6.92 Å². The van der Waals surface area contributed by atoms with Gasteiger partial charge in [-0.1, -0.05) is 24.1 Å². The molecule has 0 radical (unpaired) electrons. The number of ether oxygens (including phenoxy) is 2. The molecule has 4 heteroatoms. The van der Waals surface area contributed by atoms with Crippen LogP contribution in [0, 0.1) is 12.3 Å². The Morgan fingerprint density at radius 2 is 2.12 bits per heavy atom. The van der Waals surface area contributed by atoms with Crippen LogP contribution in [0.1, 0.15) is 6.92 Å².